The molecule has 13 heteroatoms. The van der Waals surface area contributed by atoms with Gasteiger partial charge in [0.1, 0.15) is 18.8 Å². The summed E-state index contributed by atoms with van der Waals surface area (Å²) in [4.78, 5) is 25.6. The van der Waals surface area contributed by atoms with Crippen molar-refractivity contribution in [2.75, 3.05) is 6.61 Å². The molecule has 9 unspecified atom stereocenters. The maximum Gasteiger partial charge on any atom is 0.411 e. The molecule has 1 heterocycles. The maximum atomic E-state index is 13.0. The molecule has 0 radical (unpaired) electrons. The van der Waals surface area contributed by atoms with Crippen LogP contribution in [0.4, 0.5) is 13.2 Å². The Balaban J connectivity index is 1.40. The molecule has 2 bridgehead atoms. The first-order chi connectivity index (χ1) is 15.4. The van der Waals surface area contributed by atoms with E-state index in [2.05, 4.69) is 4.74 Å². The highest BCUT2D eigenvalue weighted by atomic mass is 32.2. The number of carbonyl (C=O) groups is 2. The zero-order valence-corrected chi connectivity index (χ0v) is 19.5. The molecule has 3 saturated carbocycles. The van der Waals surface area contributed by atoms with E-state index < -0.39 is 58.0 Å². The van der Waals surface area contributed by atoms with E-state index in [9.17, 15) is 31.2 Å². The van der Waals surface area contributed by atoms with E-state index in [1.165, 1.54) is 0 Å². The van der Waals surface area contributed by atoms with Crippen molar-refractivity contribution in [1.29, 1.82) is 0 Å². The molecule has 4 rings (SSSR count). The Morgan fingerprint density at radius 3 is 2.39 bits per heavy atom. The molecule has 9 atom stereocenters. The summed E-state index contributed by atoms with van der Waals surface area (Å²) in [5, 5.41) is -0.742. The van der Waals surface area contributed by atoms with E-state index in [0.717, 1.165) is 12.8 Å². The van der Waals surface area contributed by atoms with Gasteiger partial charge in [-0.3, -0.25) is 14.1 Å². The predicted octanol–water partition coefficient (Wildman–Crippen LogP) is 2.88. The van der Waals surface area contributed by atoms with E-state index in [-0.39, 0.29) is 29.2 Å². The predicted molar refractivity (Wildman–Crippen MR) is 112 cm³/mol. The average molecular weight is 517 g/mol. The van der Waals surface area contributed by atoms with E-state index in [4.69, 9.17) is 13.5 Å². The van der Waals surface area contributed by atoms with Crippen LogP contribution in [0, 0.1) is 23.7 Å². The summed E-state index contributed by atoms with van der Waals surface area (Å²) in [5.41, 5.74) is 0. The van der Waals surface area contributed by atoms with Crippen LogP contribution in [0.25, 0.3) is 0 Å². The second kappa shape index (κ2) is 9.12. The number of alkyl halides is 3. The number of rotatable bonds is 6. The number of carbonyl (C=O) groups excluding carboxylic acids is 2. The van der Waals surface area contributed by atoms with Crippen LogP contribution in [0.2, 0.25) is 0 Å². The molecule has 0 spiro atoms. The molecule has 0 aromatic carbocycles. The average Bonchev–Trinajstić information content (AvgIpc) is 3.35. The fourth-order valence-corrected chi connectivity index (χ4v) is 8.45. The normalized spacial score (nSPS) is 38.9. The standard InChI is InChI=1S/C20H27F3O8S2/c1-2-32-14-8-10-7-13(14)17(31-32)16(10)30-19(25)12-6-4-3-5-11(12)18(24)29-9-15(20(21,22)23)33(26,27)28/h2,10-17H,3-9H2,1H3,(H,26,27,28). The van der Waals surface area contributed by atoms with E-state index in [1.807, 2.05) is 12.3 Å². The van der Waals surface area contributed by atoms with Gasteiger partial charge in [0, 0.05) is 17.1 Å². The summed E-state index contributed by atoms with van der Waals surface area (Å²) in [5.74, 6) is -3.06. The van der Waals surface area contributed by atoms with Gasteiger partial charge in [-0.15, -0.1) is 0 Å². The SMILES string of the molecule is C/C=S1/OC2C3CC(CC31)C2OC(=O)C1CCCCC1C(=O)OCC(C(F)(F)F)S(=O)(=O)O. The van der Waals surface area contributed by atoms with Crippen molar-refractivity contribution in [3.63, 3.8) is 0 Å². The van der Waals surface area contributed by atoms with E-state index >= 15 is 0 Å². The van der Waals surface area contributed by atoms with Crippen LogP contribution in [0.3, 0.4) is 0 Å². The zero-order chi connectivity index (χ0) is 24.1. The molecule has 1 N–H and O–H groups in total. The van der Waals surface area contributed by atoms with Crippen LogP contribution in [0.5, 0.6) is 0 Å². The number of fused-ring (bicyclic) bond motifs is 1. The van der Waals surface area contributed by atoms with Gasteiger partial charge in [-0.05, 0) is 38.0 Å². The van der Waals surface area contributed by atoms with Gasteiger partial charge < -0.3 is 13.7 Å². The first kappa shape index (κ1) is 24.9. The van der Waals surface area contributed by atoms with Crippen molar-refractivity contribution in [2.45, 2.75) is 74.3 Å². The minimum atomic E-state index is -5.52. The third kappa shape index (κ3) is 4.83. The van der Waals surface area contributed by atoms with Gasteiger partial charge in [0.2, 0.25) is 5.25 Å². The molecule has 8 nitrogen and oxygen atoms in total. The lowest BCUT2D eigenvalue weighted by Crippen LogP contribution is -2.43. The fraction of sp³-hybridized carbons (Fsp3) is 0.850. The summed E-state index contributed by atoms with van der Waals surface area (Å²) >= 11 is 0. The van der Waals surface area contributed by atoms with Gasteiger partial charge in [0.15, 0.2) is 0 Å². The minimum Gasteiger partial charge on any atom is -0.464 e. The maximum absolute atomic E-state index is 13.0. The quantitative estimate of drug-likeness (QED) is 0.326. The van der Waals surface area contributed by atoms with Crippen molar-refractivity contribution in [3.05, 3.63) is 0 Å². The second-order valence-corrected chi connectivity index (χ2v) is 12.7. The number of ether oxygens (including phenoxy) is 2. The zero-order valence-electron chi connectivity index (χ0n) is 17.9. The fourth-order valence-electron chi connectivity index (χ4n) is 5.71. The molecule has 0 amide bonds. The van der Waals surface area contributed by atoms with Gasteiger partial charge in [0.25, 0.3) is 10.1 Å². The third-order valence-corrected chi connectivity index (χ3v) is 10.4. The summed E-state index contributed by atoms with van der Waals surface area (Å²) in [7, 11) is -5.78. The van der Waals surface area contributed by atoms with Crippen LogP contribution in [-0.2, 0) is 33.4 Å². The molecular weight excluding hydrogens is 489 g/mol. The number of hydrogen-bond acceptors (Lipinski definition) is 7. The summed E-state index contributed by atoms with van der Waals surface area (Å²) in [6, 6.07) is 0. The molecule has 0 aromatic rings. The minimum absolute atomic E-state index is 0.173. The lowest BCUT2D eigenvalue weighted by molar-refractivity contribution is -0.174. The van der Waals surface area contributed by atoms with E-state index in [1.54, 1.807) is 0 Å². The van der Waals surface area contributed by atoms with Gasteiger partial charge in [0.05, 0.1) is 11.8 Å². The molecule has 0 aromatic heterocycles. The van der Waals surface area contributed by atoms with E-state index in [0.29, 0.717) is 30.4 Å². The Hall–Kier alpha value is -1.18. The lowest BCUT2D eigenvalue weighted by Gasteiger charge is -2.32. The largest absolute Gasteiger partial charge is 0.464 e. The van der Waals surface area contributed by atoms with Crippen molar-refractivity contribution < 1.29 is 49.4 Å². The highest BCUT2D eigenvalue weighted by Crippen LogP contribution is 2.60. The van der Waals surface area contributed by atoms with Crippen LogP contribution in [0.1, 0.15) is 45.4 Å². The molecule has 4 aliphatic rings. The van der Waals surface area contributed by atoms with Crippen molar-refractivity contribution in [3.8, 4) is 0 Å². The van der Waals surface area contributed by atoms with Gasteiger partial charge in [-0.25, -0.2) is 0 Å². The number of halogens is 3. The third-order valence-electron chi connectivity index (χ3n) is 7.28. The van der Waals surface area contributed by atoms with Crippen molar-refractivity contribution in [1.82, 2.24) is 0 Å². The van der Waals surface area contributed by atoms with Crippen LogP contribution >= 0.6 is 10.8 Å². The molecule has 1 saturated heterocycles. The number of hydrogen-bond donors (Lipinski definition) is 1. The Labute approximate surface area is 192 Å². The molecule has 4 fully saturated rings. The first-order valence-electron chi connectivity index (χ1n) is 11.0. The topological polar surface area (TPSA) is 116 Å². The summed E-state index contributed by atoms with van der Waals surface area (Å²) < 4.78 is 86.3. The molecule has 3 aliphatic carbocycles. The monoisotopic (exact) mass is 516 g/mol. The van der Waals surface area contributed by atoms with Crippen molar-refractivity contribution >= 4 is 38.2 Å². The van der Waals surface area contributed by atoms with Gasteiger partial charge in [-0.1, -0.05) is 23.6 Å². The Kier molecular flexibility index (Phi) is 6.89. The van der Waals surface area contributed by atoms with Gasteiger partial charge >= 0.3 is 18.1 Å². The highest BCUT2D eigenvalue weighted by molar-refractivity contribution is 8.11. The summed E-state index contributed by atoms with van der Waals surface area (Å²) in [6.45, 7) is 0.380. The van der Waals surface area contributed by atoms with Crippen molar-refractivity contribution in [2.24, 2.45) is 23.7 Å². The number of esters is 2. The highest BCUT2D eigenvalue weighted by Gasteiger charge is 2.61. The molecule has 188 valence electrons. The molecular formula is C20H27F3O8S2. The Bertz CT molecular complexity index is 934. The van der Waals surface area contributed by atoms with Crippen LogP contribution < -0.4 is 0 Å². The van der Waals surface area contributed by atoms with Crippen LogP contribution in [-0.4, -0.2) is 65.8 Å². The molecule has 33 heavy (non-hydrogen) atoms. The second-order valence-electron chi connectivity index (χ2n) is 9.13. The first-order valence-corrected chi connectivity index (χ1v) is 13.8. The Morgan fingerprint density at radius 1 is 1.18 bits per heavy atom. The van der Waals surface area contributed by atoms with Crippen LogP contribution in [0.15, 0.2) is 0 Å². The Morgan fingerprint density at radius 2 is 1.82 bits per heavy atom. The summed E-state index contributed by atoms with van der Waals surface area (Å²) in [6.07, 6.45) is -2.29. The molecule has 1 aliphatic heterocycles. The van der Waals surface area contributed by atoms with Gasteiger partial charge in [-0.2, -0.15) is 21.6 Å². The lowest BCUT2D eigenvalue weighted by atomic mass is 9.79. The smallest absolute Gasteiger partial charge is 0.411 e.